The van der Waals surface area contributed by atoms with Crippen molar-refractivity contribution in [1.82, 2.24) is 9.80 Å². The first-order valence-corrected chi connectivity index (χ1v) is 9.61. The summed E-state index contributed by atoms with van der Waals surface area (Å²) in [5, 5.41) is 0. The standard InChI is InChI=1S/C20H32N4O.HI/c1-16-8-7-13-24(15-16)20(21)22-14-18(23-11-5-6-12-23)17-9-3-4-10-19(17)25-2;/h3-4,9-10,16,18H,5-8,11-15H2,1-2H3,(H2,21,22);1H. The Balaban J connectivity index is 0.00000243. The fourth-order valence-electron chi connectivity index (χ4n) is 4.08. The normalized spacial score (nSPS) is 22.8. The van der Waals surface area contributed by atoms with Gasteiger partial charge < -0.3 is 15.4 Å². The minimum absolute atomic E-state index is 0. The van der Waals surface area contributed by atoms with E-state index in [4.69, 9.17) is 15.5 Å². The maximum Gasteiger partial charge on any atom is 0.191 e. The molecule has 0 spiro atoms. The molecule has 2 N–H and O–H groups in total. The second-order valence-electron chi connectivity index (χ2n) is 7.39. The zero-order chi connectivity index (χ0) is 17.6. The van der Waals surface area contributed by atoms with Crippen molar-refractivity contribution in [3.05, 3.63) is 29.8 Å². The van der Waals surface area contributed by atoms with E-state index in [-0.39, 0.29) is 30.0 Å². The monoisotopic (exact) mass is 472 g/mol. The van der Waals surface area contributed by atoms with Crippen LogP contribution in [0.3, 0.4) is 0 Å². The summed E-state index contributed by atoms with van der Waals surface area (Å²) in [5.74, 6) is 2.34. The van der Waals surface area contributed by atoms with Gasteiger partial charge in [0, 0.05) is 18.7 Å². The average Bonchev–Trinajstić information content (AvgIpc) is 3.16. The molecule has 1 aromatic rings. The first kappa shape index (κ1) is 21.3. The number of rotatable bonds is 5. The highest BCUT2D eigenvalue weighted by atomic mass is 127. The molecule has 0 bridgehead atoms. The topological polar surface area (TPSA) is 54.1 Å². The van der Waals surface area contributed by atoms with E-state index in [2.05, 4.69) is 28.9 Å². The van der Waals surface area contributed by atoms with Gasteiger partial charge in [-0.1, -0.05) is 25.1 Å². The number of hydrogen-bond donors (Lipinski definition) is 1. The van der Waals surface area contributed by atoms with Crippen molar-refractivity contribution >= 4 is 29.9 Å². The molecule has 2 aliphatic heterocycles. The maximum atomic E-state index is 6.33. The molecule has 6 heteroatoms. The Labute approximate surface area is 175 Å². The van der Waals surface area contributed by atoms with Gasteiger partial charge in [-0.05, 0) is 50.8 Å². The second kappa shape index (κ2) is 10.3. The number of benzene rings is 1. The summed E-state index contributed by atoms with van der Waals surface area (Å²) in [6.07, 6.45) is 5.02. The molecule has 2 saturated heterocycles. The predicted octanol–water partition coefficient (Wildman–Crippen LogP) is 3.50. The molecule has 0 aliphatic carbocycles. The number of hydrogen-bond acceptors (Lipinski definition) is 3. The van der Waals surface area contributed by atoms with Gasteiger partial charge in [0.2, 0.25) is 0 Å². The van der Waals surface area contributed by atoms with Crippen molar-refractivity contribution in [3.8, 4) is 5.75 Å². The van der Waals surface area contributed by atoms with Gasteiger partial charge in [0.05, 0.1) is 19.7 Å². The van der Waals surface area contributed by atoms with Crippen LogP contribution in [0.4, 0.5) is 0 Å². The average molecular weight is 472 g/mol. The lowest BCUT2D eigenvalue weighted by Gasteiger charge is -2.32. The highest BCUT2D eigenvalue weighted by Gasteiger charge is 2.26. The fraction of sp³-hybridized carbons (Fsp3) is 0.650. The van der Waals surface area contributed by atoms with E-state index >= 15 is 0 Å². The number of nitrogens with zero attached hydrogens (tertiary/aromatic N) is 3. The first-order valence-electron chi connectivity index (χ1n) is 9.61. The van der Waals surface area contributed by atoms with Crippen LogP contribution in [0.5, 0.6) is 5.75 Å². The van der Waals surface area contributed by atoms with Crippen LogP contribution in [0.25, 0.3) is 0 Å². The van der Waals surface area contributed by atoms with Crippen LogP contribution in [0.1, 0.15) is 44.2 Å². The molecule has 2 fully saturated rings. The molecule has 2 unspecified atom stereocenters. The molecule has 26 heavy (non-hydrogen) atoms. The van der Waals surface area contributed by atoms with Gasteiger partial charge in [-0.3, -0.25) is 9.89 Å². The molecule has 0 radical (unpaired) electrons. The zero-order valence-corrected chi connectivity index (χ0v) is 18.4. The first-order chi connectivity index (χ1) is 12.2. The Bertz CT molecular complexity index is 589. The Morgan fingerprint density at radius 3 is 2.65 bits per heavy atom. The third-order valence-electron chi connectivity index (χ3n) is 5.49. The van der Waals surface area contributed by atoms with E-state index in [1.54, 1.807) is 7.11 Å². The third-order valence-corrected chi connectivity index (χ3v) is 5.49. The van der Waals surface area contributed by atoms with Crippen molar-refractivity contribution < 1.29 is 4.74 Å². The largest absolute Gasteiger partial charge is 0.496 e. The Morgan fingerprint density at radius 1 is 1.23 bits per heavy atom. The lowest BCUT2D eigenvalue weighted by molar-refractivity contribution is 0.242. The molecular weight excluding hydrogens is 439 g/mol. The molecule has 3 rings (SSSR count). The summed E-state index contributed by atoms with van der Waals surface area (Å²) in [7, 11) is 1.74. The molecule has 0 amide bonds. The Kier molecular flexibility index (Phi) is 8.47. The van der Waals surface area contributed by atoms with Crippen LogP contribution in [-0.2, 0) is 0 Å². The van der Waals surface area contributed by atoms with Crippen LogP contribution in [0, 0.1) is 5.92 Å². The summed E-state index contributed by atoms with van der Waals surface area (Å²) >= 11 is 0. The fourth-order valence-corrected chi connectivity index (χ4v) is 4.08. The molecule has 5 nitrogen and oxygen atoms in total. The maximum absolute atomic E-state index is 6.33. The van der Waals surface area contributed by atoms with E-state index in [9.17, 15) is 0 Å². The lowest BCUT2D eigenvalue weighted by Crippen LogP contribution is -2.44. The van der Waals surface area contributed by atoms with Gasteiger partial charge in [0.1, 0.15) is 5.75 Å². The Hall–Kier alpha value is -1.02. The molecule has 2 aliphatic rings. The molecule has 0 saturated carbocycles. The van der Waals surface area contributed by atoms with E-state index in [1.807, 2.05) is 12.1 Å². The number of para-hydroxylation sites is 1. The molecule has 146 valence electrons. The van der Waals surface area contributed by atoms with E-state index < -0.39 is 0 Å². The summed E-state index contributed by atoms with van der Waals surface area (Å²) in [4.78, 5) is 9.57. The van der Waals surface area contributed by atoms with Crippen LogP contribution in [0.2, 0.25) is 0 Å². The predicted molar refractivity (Wildman–Crippen MR) is 118 cm³/mol. The van der Waals surface area contributed by atoms with Crippen LogP contribution >= 0.6 is 24.0 Å². The Morgan fingerprint density at radius 2 is 1.96 bits per heavy atom. The summed E-state index contributed by atoms with van der Waals surface area (Å²) in [5.41, 5.74) is 7.55. The summed E-state index contributed by atoms with van der Waals surface area (Å²) < 4.78 is 5.61. The molecule has 2 atom stereocenters. The van der Waals surface area contributed by atoms with Gasteiger partial charge in [-0.15, -0.1) is 24.0 Å². The highest BCUT2D eigenvalue weighted by molar-refractivity contribution is 14.0. The minimum Gasteiger partial charge on any atom is -0.496 e. The SMILES string of the molecule is COc1ccccc1C(CN=C(N)N1CCCC(C)C1)N1CCCC1.I. The lowest BCUT2D eigenvalue weighted by atomic mass is 10.0. The number of ether oxygens (including phenoxy) is 1. The number of aliphatic imine (C=N–C) groups is 1. The summed E-state index contributed by atoms with van der Waals surface area (Å²) in [6, 6.07) is 8.55. The number of guanidine groups is 1. The van der Waals surface area contributed by atoms with Crippen LogP contribution in [0.15, 0.2) is 29.3 Å². The highest BCUT2D eigenvalue weighted by Crippen LogP contribution is 2.32. The van der Waals surface area contributed by atoms with Crippen molar-refractivity contribution in [1.29, 1.82) is 0 Å². The van der Waals surface area contributed by atoms with E-state index in [1.165, 1.54) is 31.2 Å². The number of halogens is 1. The number of methoxy groups -OCH3 is 1. The smallest absolute Gasteiger partial charge is 0.191 e. The quantitative estimate of drug-likeness (QED) is 0.405. The van der Waals surface area contributed by atoms with Crippen molar-refractivity contribution in [2.75, 3.05) is 39.8 Å². The number of piperidine rings is 1. The van der Waals surface area contributed by atoms with Crippen molar-refractivity contribution in [2.24, 2.45) is 16.6 Å². The molecule has 1 aromatic carbocycles. The second-order valence-corrected chi connectivity index (χ2v) is 7.39. The van der Waals surface area contributed by atoms with Crippen LogP contribution < -0.4 is 10.5 Å². The van der Waals surface area contributed by atoms with E-state index in [0.717, 1.165) is 31.9 Å². The van der Waals surface area contributed by atoms with Crippen LogP contribution in [-0.4, -0.2) is 55.6 Å². The van der Waals surface area contributed by atoms with Gasteiger partial charge in [-0.25, -0.2) is 0 Å². The van der Waals surface area contributed by atoms with Gasteiger partial charge in [0.25, 0.3) is 0 Å². The van der Waals surface area contributed by atoms with Gasteiger partial charge >= 0.3 is 0 Å². The molecular formula is C20H33IN4O. The van der Waals surface area contributed by atoms with Crippen molar-refractivity contribution in [3.63, 3.8) is 0 Å². The zero-order valence-electron chi connectivity index (χ0n) is 16.1. The third kappa shape index (κ3) is 5.25. The van der Waals surface area contributed by atoms with E-state index in [0.29, 0.717) is 18.4 Å². The molecule has 0 aromatic heterocycles. The minimum atomic E-state index is 0. The van der Waals surface area contributed by atoms with Gasteiger partial charge in [0.15, 0.2) is 5.96 Å². The number of likely N-dealkylation sites (tertiary alicyclic amines) is 2. The van der Waals surface area contributed by atoms with Gasteiger partial charge in [-0.2, -0.15) is 0 Å². The summed E-state index contributed by atoms with van der Waals surface area (Å²) in [6.45, 7) is 7.29. The number of nitrogens with two attached hydrogens (primary N) is 1. The molecule has 2 heterocycles. The van der Waals surface area contributed by atoms with Crippen molar-refractivity contribution in [2.45, 2.75) is 38.6 Å².